The van der Waals surface area contributed by atoms with Gasteiger partial charge in [0.05, 0.1) is 13.2 Å². The van der Waals surface area contributed by atoms with Crippen LogP contribution in [-0.2, 0) is 9.53 Å². The van der Waals surface area contributed by atoms with Crippen LogP contribution >= 0.6 is 0 Å². The Morgan fingerprint density at radius 3 is 3.29 bits per heavy atom. The first-order valence-corrected chi connectivity index (χ1v) is 4.35. The SMILES string of the molecule is COC(=O)C1=C[C@H](N=[N+]=[N-])[C@H]2N[C@H]2C1. The number of methoxy groups -OCH3 is 1. The molecule has 0 radical (unpaired) electrons. The van der Waals surface area contributed by atoms with Crippen LogP contribution in [0.1, 0.15) is 6.42 Å². The van der Waals surface area contributed by atoms with Crippen molar-refractivity contribution in [2.75, 3.05) is 7.11 Å². The molecule has 14 heavy (non-hydrogen) atoms. The minimum atomic E-state index is -0.338. The zero-order valence-electron chi connectivity index (χ0n) is 7.67. The van der Waals surface area contributed by atoms with E-state index in [2.05, 4.69) is 20.1 Å². The number of nitrogens with zero attached hydrogens (tertiary/aromatic N) is 3. The summed E-state index contributed by atoms with van der Waals surface area (Å²) >= 11 is 0. The molecule has 6 nitrogen and oxygen atoms in total. The van der Waals surface area contributed by atoms with Crippen LogP contribution in [0.15, 0.2) is 16.8 Å². The molecule has 0 amide bonds. The number of ether oxygens (including phenoxy) is 1. The lowest BCUT2D eigenvalue weighted by Crippen LogP contribution is -2.21. The number of fused-ring (bicyclic) bond motifs is 1. The molecule has 1 aliphatic heterocycles. The zero-order chi connectivity index (χ0) is 10.1. The molecule has 2 aliphatic rings. The Bertz CT molecular complexity index is 345. The maximum absolute atomic E-state index is 11.2. The van der Waals surface area contributed by atoms with E-state index < -0.39 is 0 Å². The maximum atomic E-state index is 11.2. The standard InChI is InChI=1S/C8H10N4O2/c1-14-8(13)4-2-5-7(10-5)6(3-4)11-12-9/h3,5-7,10H,2H2,1H3/t5-,6-,7-/m0/s1. The molecule has 0 spiro atoms. The average molecular weight is 194 g/mol. The van der Waals surface area contributed by atoms with Crippen molar-refractivity contribution < 1.29 is 9.53 Å². The first kappa shape index (κ1) is 9.05. The summed E-state index contributed by atoms with van der Waals surface area (Å²) in [5.41, 5.74) is 8.92. The number of hydrogen-bond donors (Lipinski definition) is 1. The number of azide groups is 1. The van der Waals surface area contributed by atoms with E-state index in [0.29, 0.717) is 12.0 Å². The van der Waals surface area contributed by atoms with Crippen molar-refractivity contribution in [1.29, 1.82) is 0 Å². The molecule has 1 aliphatic carbocycles. The summed E-state index contributed by atoms with van der Waals surface area (Å²) in [5, 5.41) is 6.76. The molecule has 3 atom stereocenters. The van der Waals surface area contributed by atoms with Crippen molar-refractivity contribution in [2.45, 2.75) is 24.5 Å². The maximum Gasteiger partial charge on any atom is 0.333 e. The Kier molecular flexibility index (Phi) is 2.15. The lowest BCUT2D eigenvalue weighted by molar-refractivity contribution is -0.136. The molecular formula is C8H10N4O2. The smallest absolute Gasteiger partial charge is 0.333 e. The second-order valence-corrected chi connectivity index (χ2v) is 3.38. The molecular weight excluding hydrogens is 184 g/mol. The number of nitrogens with one attached hydrogen (secondary N) is 1. The van der Waals surface area contributed by atoms with Gasteiger partial charge in [0.1, 0.15) is 0 Å². The van der Waals surface area contributed by atoms with Crippen molar-refractivity contribution in [3.05, 3.63) is 22.1 Å². The lowest BCUT2D eigenvalue weighted by Gasteiger charge is -2.12. The highest BCUT2D eigenvalue weighted by Crippen LogP contribution is 2.31. The second-order valence-electron chi connectivity index (χ2n) is 3.38. The first-order chi connectivity index (χ1) is 6.76. The van der Waals surface area contributed by atoms with Crippen molar-refractivity contribution in [3.8, 4) is 0 Å². The number of rotatable bonds is 2. The van der Waals surface area contributed by atoms with E-state index in [1.165, 1.54) is 7.11 Å². The summed E-state index contributed by atoms with van der Waals surface area (Å²) in [6.45, 7) is 0. The van der Waals surface area contributed by atoms with Gasteiger partial charge in [-0.2, -0.15) is 0 Å². The van der Waals surface area contributed by atoms with Gasteiger partial charge < -0.3 is 10.1 Å². The van der Waals surface area contributed by atoms with E-state index in [0.717, 1.165) is 0 Å². The summed E-state index contributed by atoms with van der Waals surface area (Å²) in [4.78, 5) is 14.0. The Balaban J connectivity index is 2.18. The van der Waals surface area contributed by atoms with E-state index in [-0.39, 0.29) is 24.1 Å². The molecule has 0 bridgehead atoms. The van der Waals surface area contributed by atoms with Gasteiger partial charge >= 0.3 is 5.97 Å². The lowest BCUT2D eigenvalue weighted by atomic mass is 9.96. The van der Waals surface area contributed by atoms with Gasteiger partial charge in [-0.15, -0.1) is 0 Å². The number of carbonyl (C=O) groups excluding carboxylic acids is 1. The Hall–Kier alpha value is -1.52. The van der Waals surface area contributed by atoms with Gasteiger partial charge in [0.2, 0.25) is 0 Å². The van der Waals surface area contributed by atoms with Crippen LogP contribution in [0.4, 0.5) is 0 Å². The van der Waals surface area contributed by atoms with Gasteiger partial charge in [-0.05, 0) is 12.0 Å². The molecule has 0 saturated carbocycles. The molecule has 74 valence electrons. The third kappa shape index (κ3) is 1.45. The van der Waals surface area contributed by atoms with E-state index in [1.54, 1.807) is 6.08 Å². The zero-order valence-corrected chi connectivity index (χ0v) is 7.67. The molecule has 0 aromatic rings. The average Bonchev–Trinajstić information content (AvgIpc) is 2.96. The van der Waals surface area contributed by atoms with Crippen molar-refractivity contribution in [1.82, 2.24) is 5.32 Å². The van der Waals surface area contributed by atoms with Gasteiger partial charge in [0.15, 0.2) is 0 Å². The minimum absolute atomic E-state index is 0.208. The van der Waals surface area contributed by atoms with Crippen molar-refractivity contribution in [3.63, 3.8) is 0 Å². The molecule has 1 saturated heterocycles. The van der Waals surface area contributed by atoms with E-state index in [1.807, 2.05) is 0 Å². The molecule has 2 rings (SSSR count). The predicted molar refractivity (Wildman–Crippen MR) is 48.4 cm³/mol. The molecule has 1 N–H and O–H groups in total. The first-order valence-electron chi connectivity index (χ1n) is 4.35. The Morgan fingerprint density at radius 1 is 1.86 bits per heavy atom. The van der Waals surface area contributed by atoms with Gasteiger partial charge in [-0.3, -0.25) is 0 Å². The minimum Gasteiger partial charge on any atom is -0.466 e. The van der Waals surface area contributed by atoms with Gasteiger partial charge in [0, 0.05) is 22.6 Å². The largest absolute Gasteiger partial charge is 0.466 e. The number of hydrogen-bond acceptors (Lipinski definition) is 4. The molecule has 0 unspecified atom stereocenters. The highest BCUT2D eigenvalue weighted by atomic mass is 16.5. The molecule has 6 heteroatoms. The van der Waals surface area contributed by atoms with Gasteiger partial charge in [-0.1, -0.05) is 11.2 Å². The van der Waals surface area contributed by atoms with Crippen LogP contribution in [0.3, 0.4) is 0 Å². The van der Waals surface area contributed by atoms with Crippen molar-refractivity contribution in [2.24, 2.45) is 5.11 Å². The van der Waals surface area contributed by atoms with Gasteiger partial charge in [0.25, 0.3) is 0 Å². The van der Waals surface area contributed by atoms with Crippen LogP contribution < -0.4 is 5.32 Å². The molecule has 0 aromatic carbocycles. The summed E-state index contributed by atoms with van der Waals surface area (Å²) in [6.07, 6.45) is 2.35. The van der Waals surface area contributed by atoms with Crippen LogP contribution in [0, 0.1) is 0 Å². The quantitative estimate of drug-likeness (QED) is 0.228. The fourth-order valence-electron chi connectivity index (χ4n) is 1.78. The monoisotopic (exact) mass is 194 g/mol. The number of carbonyl (C=O) groups is 1. The normalized spacial score (nSPS) is 33.5. The third-order valence-corrected chi connectivity index (χ3v) is 2.54. The van der Waals surface area contributed by atoms with Crippen LogP contribution in [0.25, 0.3) is 10.4 Å². The molecule has 0 aromatic heterocycles. The Morgan fingerprint density at radius 2 is 2.64 bits per heavy atom. The van der Waals surface area contributed by atoms with Gasteiger partial charge in [-0.25, -0.2) is 4.79 Å². The summed E-state index contributed by atoms with van der Waals surface area (Å²) in [5.74, 6) is -0.338. The number of esters is 1. The third-order valence-electron chi connectivity index (χ3n) is 2.54. The summed E-state index contributed by atoms with van der Waals surface area (Å²) < 4.78 is 4.61. The fraction of sp³-hybridized carbons (Fsp3) is 0.625. The van der Waals surface area contributed by atoms with Crippen LogP contribution in [0.2, 0.25) is 0 Å². The van der Waals surface area contributed by atoms with E-state index in [4.69, 9.17) is 5.53 Å². The fourth-order valence-corrected chi connectivity index (χ4v) is 1.78. The van der Waals surface area contributed by atoms with Crippen LogP contribution in [0.5, 0.6) is 0 Å². The van der Waals surface area contributed by atoms with E-state index in [9.17, 15) is 4.79 Å². The highest BCUT2D eigenvalue weighted by Gasteiger charge is 2.45. The predicted octanol–water partition coefficient (Wildman–Crippen LogP) is 0.509. The van der Waals surface area contributed by atoms with Crippen LogP contribution in [-0.4, -0.2) is 31.2 Å². The van der Waals surface area contributed by atoms with Crippen molar-refractivity contribution >= 4 is 5.97 Å². The van der Waals surface area contributed by atoms with E-state index >= 15 is 0 Å². The summed E-state index contributed by atoms with van der Waals surface area (Å²) in [6, 6.07) is 0.219. The molecule has 1 fully saturated rings. The Labute approximate surface area is 80.6 Å². The molecule has 1 heterocycles. The highest BCUT2D eigenvalue weighted by molar-refractivity contribution is 5.89. The second kappa shape index (κ2) is 3.32. The topological polar surface area (TPSA) is 97.0 Å². The summed E-state index contributed by atoms with van der Waals surface area (Å²) in [7, 11) is 1.35.